The van der Waals surface area contributed by atoms with E-state index in [4.69, 9.17) is 13.8 Å². The molecule has 158 valence electrons. The van der Waals surface area contributed by atoms with E-state index < -0.39 is 0 Å². The Hall–Kier alpha value is -3.07. The number of amides is 1. The number of hydrogen-bond acceptors (Lipinski definition) is 8. The summed E-state index contributed by atoms with van der Waals surface area (Å²) in [4.78, 5) is 23.3. The Morgan fingerprint density at radius 3 is 2.90 bits per heavy atom. The van der Waals surface area contributed by atoms with Gasteiger partial charge in [0.05, 0.1) is 12.2 Å². The van der Waals surface area contributed by atoms with Crippen molar-refractivity contribution in [2.24, 2.45) is 5.92 Å². The smallest absolute Gasteiger partial charge is 0.276 e. The van der Waals surface area contributed by atoms with E-state index in [0.29, 0.717) is 48.7 Å². The van der Waals surface area contributed by atoms with Crippen LogP contribution < -0.4 is 0 Å². The summed E-state index contributed by atoms with van der Waals surface area (Å²) in [5.41, 5.74) is 1.93. The van der Waals surface area contributed by atoms with E-state index in [0.717, 1.165) is 36.9 Å². The Kier molecular flexibility index (Phi) is 6.18. The molecule has 0 spiro atoms. The highest BCUT2D eigenvalue weighted by molar-refractivity contribution is 5.93. The topological polar surface area (TPSA) is 107 Å². The quantitative estimate of drug-likeness (QED) is 0.584. The van der Waals surface area contributed by atoms with Crippen molar-refractivity contribution in [2.75, 3.05) is 20.2 Å². The predicted octanol–water partition coefficient (Wildman–Crippen LogP) is 3.06. The van der Waals surface area contributed by atoms with Crippen molar-refractivity contribution in [3.8, 4) is 11.5 Å². The molecule has 3 aromatic heterocycles. The van der Waals surface area contributed by atoms with Gasteiger partial charge in [0.15, 0.2) is 11.5 Å². The summed E-state index contributed by atoms with van der Waals surface area (Å²) < 4.78 is 15.8. The summed E-state index contributed by atoms with van der Waals surface area (Å²) in [5, 5.41) is 8.07. The first kappa shape index (κ1) is 20.2. The van der Waals surface area contributed by atoms with Gasteiger partial charge in [-0.3, -0.25) is 9.78 Å². The van der Waals surface area contributed by atoms with Crippen LogP contribution in [-0.2, 0) is 17.8 Å². The summed E-state index contributed by atoms with van der Waals surface area (Å²) in [7, 11) is 1.59. The summed E-state index contributed by atoms with van der Waals surface area (Å²) in [6.07, 6.45) is 7.02. The Bertz CT molecular complexity index is 984. The zero-order valence-electron chi connectivity index (χ0n) is 17.2. The van der Waals surface area contributed by atoms with Crippen molar-refractivity contribution in [1.29, 1.82) is 0 Å². The van der Waals surface area contributed by atoms with Crippen molar-refractivity contribution in [3.05, 3.63) is 47.4 Å². The molecule has 3 aromatic rings. The zero-order chi connectivity index (χ0) is 20.9. The van der Waals surface area contributed by atoms with Gasteiger partial charge in [0.2, 0.25) is 0 Å². The molecule has 0 aliphatic carbocycles. The first-order valence-electron chi connectivity index (χ1n) is 10.1. The lowest BCUT2D eigenvalue weighted by molar-refractivity contribution is 0.0653. The summed E-state index contributed by atoms with van der Waals surface area (Å²) in [6, 6.07) is 3.68. The highest BCUT2D eigenvalue weighted by Gasteiger charge is 2.29. The number of nitrogens with zero attached hydrogens (tertiary/aromatic N) is 5. The molecule has 4 heterocycles. The third-order valence-corrected chi connectivity index (χ3v) is 5.45. The lowest BCUT2D eigenvalue weighted by Gasteiger charge is -2.32. The van der Waals surface area contributed by atoms with Gasteiger partial charge in [0.25, 0.3) is 11.8 Å². The molecule has 9 nitrogen and oxygen atoms in total. The summed E-state index contributed by atoms with van der Waals surface area (Å²) >= 11 is 0. The molecule has 1 amide bonds. The number of aryl methyl sites for hydroxylation is 2. The zero-order valence-corrected chi connectivity index (χ0v) is 17.2. The standard InChI is InChI=1S/C21H25N5O4/c1-14-17(13-28-2)19(25-29-14)21(27)26-11-3-4-15(12-26)5-6-18-23-20(30-24-18)16-7-9-22-10-8-16/h7-10,15H,3-6,11-13H2,1-2H3. The van der Waals surface area contributed by atoms with Crippen LogP contribution in [0.4, 0.5) is 0 Å². The second-order valence-electron chi connectivity index (χ2n) is 7.55. The van der Waals surface area contributed by atoms with Gasteiger partial charge in [-0.2, -0.15) is 4.98 Å². The SMILES string of the molecule is COCc1c(C(=O)N2CCCC(CCc3noc(-c4ccncc4)n3)C2)noc1C. The summed E-state index contributed by atoms with van der Waals surface area (Å²) in [6.45, 7) is 3.52. The van der Waals surface area contributed by atoms with Gasteiger partial charge in [0, 0.05) is 44.6 Å². The van der Waals surface area contributed by atoms with Crippen LogP contribution in [0.1, 0.15) is 46.9 Å². The van der Waals surface area contributed by atoms with E-state index in [1.165, 1.54) is 0 Å². The van der Waals surface area contributed by atoms with Gasteiger partial charge in [-0.1, -0.05) is 10.3 Å². The Balaban J connectivity index is 1.36. The van der Waals surface area contributed by atoms with E-state index in [2.05, 4.69) is 20.3 Å². The third kappa shape index (κ3) is 4.40. The maximum Gasteiger partial charge on any atom is 0.276 e. The van der Waals surface area contributed by atoms with E-state index in [1.807, 2.05) is 17.0 Å². The lowest BCUT2D eigenvalue weighted by atomic mass is 9.93. The molecular formula is C21H25N5O4. The van der Waals surface area contributed by atoms with Crippen LogP contribution >= 0.6 is 0 Å². The molecule has 1 aliphatic heterocycles. The molecule has 30 heavy (non-hydrogen) atoms. The first-order valence-corrected chi connectivity index (χ1v) is 10.1. The average molecular weight is 411 g/mol. The van der Waals surface area contributed by atoms with Crippen molar-refractivity contribution >= 4 is 5.91 Å². The van der Waals surface area contributed by atoms with Crippen molar-refractivity contribution in [3.63, 3.8) is 0 Å². The number of carbonyl (C=O) groups is 1. The molecule has 1 unspecified atom stereocenters. The van der Waals surface area contributed by atoms with Crippen molar-refractivity contribution < 1.29 is 18.6 Å². The van der Waals surface area contributed by atoms with Crippen LogP contribution in [-0.4, -0.2) is 51.3 Å². The highest BCUT2D eigenvalue weighted by Crippen LogP contribution is 2.25. The fourth-order valence-corrected chi connectivity index (χ4v) is 3.81. The van der Waals surface area contributed by atoms with Gasteiger partial charge >= 0.3 is 0 Å². The van der Waals surface area contributed by atoms with Gasteiger partial charge in [-0.15, -0.1) is 0 Å². The largest absolute Gasteiger partial charge is 0.380 e. The molecule has 1 saturated heterocycles. The van der Waals surface area contributed by atoms with E-state index >= 15 is 0 Å². The van der Waals surface area contributed by atoms with Crippen LogP contribution in [0.15, 0.2) is 33.6 Å². The third-order valence-electron chi connectivity index (χ3n) is 5.45. The molecule has 1 atom stereocenters. The van der Waals surface area contributed by atoms with Crippen molar-refractivity contribution in [2.45, 2.75) is 39.2 Å². The van der Waals surface area contributed by atoms with Gasteiger partial charge < -0.3 is 18.7 Å². The van der Waals surface area contributed by atoms with Crippen LogP contribution in [0.2, 0.25) is 0 Å². The molecule has 0 bridgehead atoms. The second kappa shape index (κ2) is 9.17. The Labute approximate surface area is 174 Å². The average Bonchev–Trinajstić information content (AvgIpc) is 3.40. The number of rotatable bonds is 7. The number of aromatic nitrogens is 4. The number of likely N-dealkylation sites (tertiary alicyclic amines) is 1. The predicted molar refractivity (Wildman–Crippen MR) is 106 cm³/mol. The van der Waals surface area contributed by atoms with Crippen molar-refractivity contribution in [1.82, 2.24) is 25.2 Å². The number of methoxy groups -OCH3 is 1. The van der Waals surface area contributed by atoms with E-state index in [1.54, 1.807) is 26.4 Å². The van der Waals surface area contributed by atoms with Gasteiger partial charge in [0.1, 0.15) is 5.76 Å². The molecule has 0 N–H and O–H groups in total. The number of carbonyl (C=O) groups excluding carboxylic acids is 1. The minimum Gasteiger partial charge on any atom is -0.380 e. The molecule has 4 rings (SSSR count). The van der Waals surface area contributed by atoms with E-state index in [-0.39, 0.29) is 5.91 Å². The van der Waals surface area contributed by atoms with Gasteiger partial charge in [-0.05, 0) is 44.2 Å². The molecule has 0 aromatic carbocycles. The number of piperidine rings is 1. The monoisotopic (exact) mass is 411 g/mol. The Morgan fingerprint density at radius 2 is 2.10 bits per heavy atom. The van der Waals surface area contributed by atoms with Crippen LogP contribution in [0.3, 0.4) is 0 Å². The normalized spacial score (nSPS) is 16.7. The minimum atomic E-state index is -0.0943. The second-order valence-corrected chi connectivity index (χ2v) is 7.55. The first-order chi connectivity index (χ1) is 14.7. The number of ether oxygens (including phenoxy) is 1. The fraction of sp³-hybridized carbons (Fsp3) is 0.476. The number of hydrogen-bond donors (Lipinski definition) is 0. The number of pyridine rings is 1. The van der Waals surface area contributed by atoms with Crippen LogP contribution in [0, 0.1) is 12.8 Å². The molecular weight excluding hydrogens is 386 g/mol. The molecule has 1 aliphatic rings. The maximum atomic E-state index is 13.0. The molecule has 9 heteroatoms. The van der Waals surface area contributed by atoms with Crippen LogP contribution in [0.5, 0.6) is 0 Å². The minimum absolute atomic E-state index is 0.0943. The lowest BCUT2D eigenvalue weighted by Crippen LogP contribution is -2.40. The molecule has 0 saturated carbocycles. The fourth-order valence-electron chi connectivity index (χ4n) is 3.81. The maximum absolute atomic E-state index is 13.0. The highest BCUT2D eigenvalue weighted by atomic mass is 16.5. The van der Waals surface area contributed by atoms with Crippen LogP contribution in [0.25, 0.3) is 11.5 Å². The van der Waals surface area contributed by atoms with Gasteiger partial charge in [-0.25, -0.2) is 0 Å². The molecule has 0 radical (unpaired) electrons. The molecule has 1 fully saturated rings. The summed E-state index contributed by atoms with van der Waals surface area (Å²) in [5.74, 6) is 2.09. The van der Waals surface area contributed by atoms with E-state index in [9.17, 15) is 4.79 Å². The Morgan fingerprint density at radius 1 is 1.27 bits per heavy atom.